The highest BCUT2D eigenvalue weighted by molar-refractivity contribution is 5.88. The van der Waals surface area contributed by atoms with Gasteiger partial charge in [-0.2, -0.15) is 5.10 Å². The fourth-order valence-corrected chi connectivity index (χ4v) is 2.10. The average Bonchev–Trinajstić information content (AvgIpc) is 2.71. The molecule has 1 aromatic carbocycles. The molecule has 0 spiro atoms. The Hall–Kier alpha value is -1.97. The predicted octanol–water partition coefficient (Wildman–Crippen LogP) is 3.34. The van der Waals surface area contributed by atoms with Gasteiger partial charge in [0.25, 0.3) is 0 Å². The molecule has 0 saturated heterocycles. The molecule has 0 aliphatic carbocycles. The summed E-state index contributed by atoms with van der Waals surface area (Å²) >= 11 is 0. The summed E-state index contributed by atoms with van der Waals surface area (Å²) in [5.41, 5.74) is 2.54. The molecule has 2 rings (SSSR count). The fourth-order valence-electron chi connectivity index (χ4n) is 2.10. The van der Waals surface area contributed by atoms with Crippen LogP contribution in [-0.4, -0.2) is 16.1 Å². The van der Waals surface area contributed by atoms with E-state index in [1.54, 1.807) is 4.68 Å². The third-order valence-electron chi connectivity index (χ3n) is 2.97. The topological polar surface area (TPSA) is 34.9 Å². The van der Waals surface area contributed by atoms with E-state index in [9.17, 15) is 9.18 Å². The second-order valence-electron chi connectivity index (χ2n) is 5.66. The van der Waals surface area contributed by atoms with E-state index < -0.39 is 0 Å². The van der Waals surface area contributed by atoms with E-state index in [4.69, 9.17) is 0 Å². The van der Waals surface area contributed by atoms with Crippen molar-refractivity contribution in [2.75, 3.05) is 0 Å². The summed E-state index contributed by atoms with van der Waals surface area (Å²) in [5, 5.41) is 4.44. The number of aldehydes is 1. The van der Waals surface area contributed by atoms with Gasteiger partial charge in [-0.25, -0.2) is 4.39 Å². The van der Waals surface area contributed by atoms with Crippen LogP contribution in [0.5, 0.6) is 0 Å². The summed E-state index contributed by atoms with van der Waals surface area (Å²) in [4.78, 5) is 11.1. The molecule has 2 aromatic rings. The molecule has 1 heterocycles. The Kier molecular flexibility index (Phi) is 3.27. The van der Waals surface area contributed by atoms with E-state index in [1.165, 1.54) is 18.2 Å². The summed E-state index contributed by atoms with van der Waals surface area (Å²) in [5.74, 6) is -0.357. The number of hydrogen-bond acceptors (Lipinski definition) is 2. The molecule has 0 unspecified atom stereocenters. The normalized spacial score (nSPS) is 11.6. The third-order valence-corrected chi connectivity index (χ3v) is 2.97. The maximum absolute atomic E-state index is 13.5. The van der Waals surface area contributed by atoms with E-state index >= 15 is 0 Å². The number of aromatic nitrogens is 2. The van der Waals surface area contributed by atoms with Crippen molar-refractivity contribution in [2.45, 2.75) is 26.2 Å². The minimum absolute atomic E-state index is 0.178. The van der Waals surface area contributed by atoms with Crippen molar-refractivity contribution in [1.82, 2.24) is 9.78 Å². The van der Waals surface area contributed by atoms with Crippen LogP contribution in [0.15, 0.2) is 24.4 Å². The first-order valence-electron chi connectivity index (χ1n) is 6.12. The van der Waals surface area contributed by atoms with Gasteiger partial charge in [-0.3, -0.25) is 9.48 Å². The molecular formula is C15H17FN2O. The number of hydrogen-bond donors (Lipinski definition) is 0. The van der Waals surface area contributed by atoms with Gasteiger partial charge >= 0.3 is 0 Å². The maximum atomic E-state index is 13.5. The van der Waals surface area contributed by atoms with Crippen LogP contribution in [0.25, 0.3) is 11.1 Å². The highest BCUT2D eigenvalue weighted by atomic mass is 19.1. The standard InChI is InChI=1S/C15H17FN2O/c1-15(2,3)14-13(8-18(4)17-14)12-7-11(16)6-5-10(12)9-19/h5-9H,1-4H3. The zero-order chi connectivity index (χ0) is 14.2. The van der Waals surface area contributed by atoms with E-state index in [0.29, 0.717) is 11.1 Å². The number of carbonyl (C=O) groups excluding carboxylic acids is 1. The fraction of sp³-hybridized carbons (Fsp3) is 0.333. The van der Waals surface area contributed by atoms with Crippen LogP contribution in [0, 0.1) is 5.82 Å². The summed E-state index contributed by atoms with van der Waals surface area (Å²) in [7, 11) is 1.82. The Bertz CT molecular complexity index is 624. The lowest BCUT2D eigenvalue weighted by Crippen LogP contribution is -2.14. The molecule has 0 fully saturated rings. The van der Waals surface area contributed by atoms with Gasteiger partial charge in [0, 0.05) is 29.8 Å². The number of carbonyl (C=O) groups is 1. The van der Waals surface area contributed by atoms with Crippen molar-refractivity contribution in [3.8, 4) is 11.1 Å². The molecule has 0 radical (unpaired) electrons. The molecule has 0 atom stereocenters. The Balaban J connectivity index is 2.72. The highest BCUT2D eigenvalue weighted by Crippen LogP contribution is 2.33. The average molecular weight is 260 g/mol. The molecular weight excluding hydrogens is 243 g/mol. The van der Waals surface area contributed by atoms with E-state index in [1.807, 2.05) is 34.0 Å². The van der Waals surface area contributed by atoms with Crippen LogP contribution in [0.3, 0.4) is 0 Å². The van der Waals surface area contributed by atoms with Crippen molar-refractivity contribution in [2.24, 2.45) is 7.05 Å². The lowest BCUT2D eigenvalue weighted by molar-refractivity contribution is 0.112. The SMILES string of the molecule is Cn1cc(-c2cc(F)ccc2C=O)c(C(C)(C)C)n1. The molecule has 0 saturated carbocycles. The molecule has 0 aliphatic heterocycles. The first-order chi connectivity index (χ1) is 8.82. The molecule has 0 aliphatic rings. The number of nitrogens with zero attached hydrogens (tertiary/aromatic N) is 2. The number of aryl methyl sites for hydroxylation is 1. The molecule has 0 N–H and O–H groups in total. The molecule has 0 amide bonds. The Labute approximate surface area is 112 Å². The zero-order valence-electron chi connectivity index (χ0n) is 11.6. The minimum Gasteiger partial charge on any atom is -0.298 e. The number of rotatable bonds is 2. The molecule has 1 aromatic heterocycles. The van der Waals surface area contributed by atoms with E-state index in [-0.39, 0.29) is 11.2 Å². The lowest BCUT2D eigenvalue weighted by Gasteiger charge is -2.18. The van der Waals surface area contributed by atoms with Gasteiger partial charge in [-0.1, -0.05) is 20.8 Å². The molecule has 3 nitrogen and oxygen atoms in total. The van der Waals surface area contributed by atoms with Crippen molar-refractivity contribution in [1.29, 1.82) is 0 Å². The van der Waals surface area contributed by atoms with Crippen molar-refractivity contribution in [3.63, 3.8) is 0 Å². The Morgan fingerprint density at radius 1 is 1.26 bits per heavy atom. The predicted molar refractivity (Wildman–Crippen MR) is 72.7 cm³/mol. The molecule has 0 bridgehead atoms. The van der Waals surface area contributed by atoms with E-state index in [0.717, 1.165) is 17.5 Å². The molecule has 100 valence electrons. The summed E-state index contributed by atoms with van der Waals surface area (Å²) < 4.78 is 15.2. The first-order valence-corrected chi connectivity index (χ1v) is 6.12. The number of benzene rings is 1. The van der Waals surface area contributed by atoms with Crippen LogP contribution in [0.1, 0.15) is 36.8 Å². The second-order valence-corrected chi connectivity index (χ2v) is 5.66. The summed E-state index contributed by atoms with van der Waals surface area (Å²) in [6, 6.07) is 4.17. The van der Waals surface area contributed by atoms with Gasteiger partial charge in [-0.15, -0.1) is 0 Å². The van der Waals surface area contributed by atoms with Gasteiger partial charge in [0.2, 0.25) is 0 Å². The zero-order valence-corrected chi connectivity index (χ0v) is 11.6. The lowest BCUT2D eigenvalue weighted by atomic mass is 9.86. The minimum atomic E-state index is -0.357. The van der Waals surface area contributed by atoms with E-state index in [2.05, 4.69) is 5.10 Å². The van der Waals surface area contributed by atoms with Crippen LogP contribution >= 0.6 is 0 Å². The van der Waals surface area contributed by atoms with Gasteiger partial charge in [0.15, 0.2) is 6.29 Å². The Morgan fingerprint density at radius 3 is 2.53 bits per heavy atom. The Morgan fingerprint density at radius 2 is 1.95 bits per heavy atom. The quantitative estimate of drug-likeness (QED) is 0.776. The number of halogens is 1. The molecule has 19 heavy (non-hydrogen) atoms. The van der Waals surface area contributed by atoms with Crippen LogP contribution in [-0.2, 0) is 12.5 Å². The maximum Gasteiger partial charge on any atom is 0.150 e. The van der Waals surface area contributed by atoms with Crippen LogP contribution < -0.4 is 0 Å². The summed E-state index contributed by atoms with van der Waals surface area (Å²) in [6.45, 7) is 6.12. The van der Waals surface area contributed by atoms with Crippen molar-refractivity contribution in [3.05, 3.63) is 41.5 Å². The molecule has 4 heteroatoms. The van der Waals surface area contributed by atoms with Crippen molar-refractivity contribution >= 4 is 6.29 Å². The van der Waals surface area contributed by atoms with Gasteiger partial charge in [-0.05, 0) is 23.8 Å². The van der Waals surface area contributed by atoms with Gasteiger partial charge in [0.1, 0.15) is 5.82 Å². The van der Waals surface area contributed by atoms with Gasteiger partial charge in [0.05, 0.1) is 5.69 Å². The third kappa shape index (κ3) is 2.57. The summed E-state index contributed by atoms with van der Waals surface area (Å²) in [6.07, 6.45) is 2.57. The monoisotopic (exact) mass is 260 g/mol. The smallest absolute Gasteiger partial charge is 0.150 e. The highest BCUT2D eigenvalue weighted by Gasteiger charge is 2.24. The van der Waals surface area contributed by atoms with Crippen LogP contribution in [0.2, 0.25) is 0 Å². The largest absolute Gasteiger partial charge is 0.298 e. The van der Waals surface area contributed by atoms with Gasteiger partial charge < -0.3 is 0 Å². The first kappa shape index (κ1) is 13.5. The second kappa shape index (κ2) is 4.61. The van der Waals surface area contributed by atoms with Crippen molar-refractivity contribution < 1.29 is 9.18 Å². The van der Waals surface area contributed by atoms with Crippen LogP contribution in [0.4, 0.5) is 4.39 Å².